The maximum atomic E-state index is 13.6. The third-order valence-corrected chi connectivity index (χ3v) is 2.62. The van der Waals surface area contributed by atoms with Gasteiger partial charge in [0.1, 0.15) is 29.7 Å². The van der Waals surface area contributed by atoms with Crippen molar-refractivity contribution < 1.29 is 27.0 Å². The van der Waals surface area contributed by atoms with Gasteiger partial charge in [-0.3, -0.25) is 0 Å². The zero-order chi connectivity index (χ0) is 17.3. The number of anilines is 1. The smallest absolute Gasteiger partial charge is 0.409 e. The summed E-state index contributed by atoms with van der Waals surface area (Å²) in [5, 5.41) is 28.5. The fourth-order valence-electron chi connectivity index (χ4n) is 1.70. The molecular formula is C13H4F4N4O2. The van der Waals surface area contributed by atoms with Crippen molar-refractivity contribution in [2.75, 3.05) is 5.32 Å². The molecule has 0 bridgehead atoms. The zero-order valence-electron chi connectivity index (χ0n) is 10.9. The quantitative estimate of drug-likeness (QED) is 0.663. The van der Waals surface area contributed by atoms with E-state index in [1.165, 1.54) is 18.2 Å². The van der Waals surface area contributed by atoms with Crippen molar-refractivity contribution in [3.05, 3.63) is 35.0 Å². The molecule has 1 aromatic carbocycles. The first-order chi connectivity index (χ1) is 10.7. The normalized spacial score (nSPS) is 16.6. The fourth-order valence-corrected chi connectivity index (χ4v) is 1.70. The van der Waals surface area contributed by atoms with Crippen molar-refractivity contribution in [1.82, 2.24) is 0 Å². The van der Waals surface area contributed by atoms with Crippen LogP contribution in [0, 0.1) is 34.0 Å². The van der Waals surface area contributed by atoms with Gasteiger partial charge in [0, 0.05) is 5.69 Å². The van der Waals surface area contributed by atoms with Crippen LogP contribution in [0.25, 0.3) is 0 Å². The van der Waals surface area contributed by atoms with Gasteiger partial charge in [0.25, 0.3) is 0 Å². The predicted octanol–water partition coefficient (Wildman–Crippen LogP) is 2.93. The molecule has 116 valence electrons. The van der Waals surface area contributed by atoms with Gasteiger partial charge in [-0.15, -0.1) is 8.78 Å². The Hall–Kier alpha value is -3.29. The molecule has 23 heavy (non-hydrogen) atoms. The molecule has 0 fully saturated rings. The molecule has 1 aliphatic heterocycles. The van der Waals surface area contributed by atoms with Gasteiger partial charge >= 0.3 is 12.4 Å². The first-order valence-electron chi connectivity index (χ1n) is 5.73. The maximum Gasteiger partial charge on any atom is 0.540 e. The summed E-state index contributed by atoms with van der Waals surface area (Å²) in [6.45, 7) is 0. The summed E-state index contributed by atoms with van der Waals surface area (Å²) in [7, 11) is 0. The van der Waals surface area contributed by atoms with Crippen molar-refractivity contribution in [3.63, 3.8) is 0 Å². The van der Waals surface area contributed by atoms with Crippen LogP contribution >= 0.6 is 0 Å². The second kappa shape index (κ2) is 5.48. The van der Waals surface area contributed by atoms with Crippen LogP contribution in [-0.2, 0) is 10.8 Å². The van der Waals surface area contributed by atoms with E-state index in [-0.39, 0.29) is 5.69 Å². The first kappa shape index (κ1) is 16.1. The van der Waals surface area contributed by atoms with E-state index in [4.69, 9.17) is 15.8 Å². The van der Waals surface area contributed by atoms with E-state index in [1.54, 1.807) is 0 Å². The fraction of sp³-hybridized carbons (Fsp3) is 0.154. The molecule has 1 aromatic rings. The average Bonchev–Trinajstić information content (AvgIpc) is 2.46. The number of ether oxygens (including phenoxy) is 2. The number of hydrogen-bond donors (Lipinski definition) is 1. The lowest BCUT2D eigenvalue weighted by Gasteiger charge is -2.30. The number of alkyl halides is 4. The van der Waals surface area contributed by atoms with Crippen molar-refractivity contribution in [1.29, 1.82) is 15.8 Å². The molecule has 0 aromatic heterocycles. The molecule has 1 aliphatic rings. The Morgan fingerprint density at radius 1 is 1.04 bits per heavy atom. The largest absolute Gasteiger partial charge is 0.540 e. The predicted molar refractivity (Wildman–Crippen MR) is 64.5 cm³/mol. The van der Waals surface area contributed by atoms with Crippen LogP contribution < -0.4 is 10.1 Å². The van der Waals surface area contributed by atoms with Gasteiger partial charge in [0.2, 0.25) is 0 Å². The highest BCUT2D eigenvalue weighted by atomic mass is 19.3. The Labute approximate surface area is 126 Å². The highest BCUT2D eigenvalue weighted by Gasteiger charge is 2.54. The summed E-state index contributed by atoms with van der Waals surface area (Å²) in [6, 6.07) is 6.99. The Balaban J connectivity index is 2.44. The van der Waals surface area contributed by atoms with Gasteiger partial charge in [-0.05, 0) is 18.2 Å². The number of nitriles is 3. The van der Waals surface area contributed by atoms with Crippen LogP contribution in [0.1, 0.15) is 5.56 Å². The van der Waals surface area contributed by atoms with Gasteiger partial charge in [-0.25, -0.2) is 4.74 Å². The van der Waals surface area contributed by atoms with Crippen LogP contribution in [-0.4, -0.2) is 6.29 Å². The Kier molecular flexibility index (Phi) is 3.84. The molecule has 0 unspecified atom stereocenters. The Morgan fingerprint density at radius 2 is 1.70 bits per heavy atom. The molecule has 1 N–H and O–H groups in total. The van der Waals surface area contributed by atoms with Gasteiger partial charge in [-0.2, -0.15) is 24.6 Å². The van der Waals surface area contributed by atoms with E-state index in [0.29, 0.717) is 6.07 Å². The Bertz CT molecular complexity index is 799. The third kappa shape index (κ3) is 3.15. The number of halogens is 4. The molecule has 0 atom stereocenters. The minimum Gasteiger partial charge on any atom is -0.409 e. The number of rotatable bonds is 2. The monoisotopic (exact) mass is 324 g/mol. The molecule has 0 radical (unpaired) electrons. The summed E-state index contributed by atoms with van der Waals surface area (Å²) in [6.07, 6.45) is -8.82. The standard InChI is InChI=1S/C13H4F4N4O2/c14-12(15)9-3-8(21-10(6-20)7(4-18)5-19)1-2-11(9)22-13(16,17)23-12/h1-3,21H. The molecule has 0 aliphatic carbocycles. The SMILES string of the molecule is N#CC(C#N)=C(C#N)Nc1ccc2c(c1)C(F)(F)OC(F)(F)O2. The number of allylic oxidation sites excluding steroid dienone is 2. The summed E-state index contributed by atoms with van der Waals surface area (Å²) in [4.78, 5) is 0. The second-order valence-electron chi connectivity index (χ2n) is 4.11. The molecule has 2 rings (SSSR count). The lowest BCUT2D eigenvalue weighted by atomic mass is 10.1. The zero-order valence-corrected chi connectivity index (χ0v) is 10.9. The molecular weight excluding hydrogens is 320 g/mol. The summed E-state index contributed by atoms with van der Waals surface area (Å²) in [5.74, 6) is -0.805. The first-order valence-corrected chi connectivity index (χ1v) is 5.73. The molecule has 0 saturated carbocycles. The van der Waals surface area contributed by atoms with Gasteiger partial charge in [0.05, 0.1) is 5.56 Å². The van der Waals surface area contributed by atoms with Crippen molar-refractivity contribution >= 4 is 5.69 Å². The number of nitrogens with zero attached hydrogens (tertiary/aromatic N) is 3. The second-order valence-corrected chi connectivity index (χ2v) is 4.11. The summed E-state index contributed by atoms with van der Waals surface area (Å²) >= 11 is 0. The number of hydrogen-bond acceptors (Lipinski definition) is 6. The van der Waals surface area contributed by atoms with E-state index in [2.05, 4.69) is 14.8 Å². The lowest BCUT2D eigenvalue weighted by Crippen LogP contribution is -2.41. The maximum absolute atomic E-state index is 13.6. The summed E-state index contributed by atoms with van der Waals surface area (Å²) in [5.41, 5.74) is -2.21. The molecule has 1 heterocycles. The van der Waals surface area contributed by atoms with E-state index < -0.39 is 35.0 Å². The number of fused-ring (bicyclic) bond motifs is 1. The van der Waals surface area contributed by atoms with E-state index in [1.807, 2.05) is 0 Å². The van der Waals surface area contributed by atoms with Crippen molar-refractivity contribution in [3.8, 4) is 24.0 Å². The van der Waals surface area contributed by atoms with E-state index in [9.17, 15) is 17.6 Å². The minimum absolute atomic E-state index is 0.152. The molecule has 0 saturated heterocycles. The molecule has 0 spiro atoms. The molecule has 10 heteroatoms. The van der Waals surface area contributed by atoms with Crippen LogP contribution in [0.4, 0.5) is 23.2 Å². The topological polar surface area (TPSA) is 102 Å². The molecule has 6 nitrogen and oxygen atoms in total. The molecule has 0 amide bonds. The third-order valence-electron chi connectivity index (χ3n) is 2.62. The van der Waals surface area contributed by atoms with E-state index >= 15 is 0 Å². The van der Waals surface area contributed by atoms with Crippen LogP contribution in [0.2, 0.25) is 0 Å². The van der Waals surface area contributed by atoms with Crippen LogP contribution in [0.15, 0.2) is 29.5 Å². The summed E-state index contributed by atoms with van der Waals surface area (Å²) < 4.78 is 60.2. The van der Waals surface area contributed by atoms with Gasteiger partial charge < -0.3 is 10.1 Å². The highest BCUT2D eigenvalue weighted by Crippen LogP contribution is 2.46. The number of nitrogens with one attached hydrogen (secondary N) is 1. The highest BCUT2D eigenvalue weighted by molar-refractivity contribution is 5.61. The van der Waals surface area contributed by atoms with Gasteiger partial charge in [0.15, 0.2) is 5.57 Å². The lowest BCUT2D eigenvalue weighted by molar-refractivity contribution is -0.461. The van der Waals surface area contributed by atoms with Crippen molar-refractivity contribution in [2.24, 2.45) is 0 Å². The van der Waals surface area contributed by atoms with Crippen LogP contribution in [0.5, 0.6) is 5.75 Å². The van der Waals surface area contributed by atoms with Crippen molar-refractivity contribution in [2.45, 2.75) is 12.4 Å². The number of benzene rings is 1. The van der Waals surface area contributed by atoms with Crippen LogP contribution in [0.3, 0.4) is 0 Å². The average molecular weight is 324 g/mol. The van der Waals surface area contributed by atoms with Gasteiger partial charge in [-0.1, -0.05) is 0 Å². The van der Waals surface area contributed by atoms with E-state index in [0.717, 1.165) is 12.1 Å². The Morgan fingerprint density at radius 3 is 2.26 bits per heavy atom. The minimum atomic E-state index is -4.49.